The topological polar surface area (TPSA) is 41.7 Å². The monoisotopic (exact) mass is 269 g/mol. The van der Waals surface area contributed by atoms with Crippen LogP contribution in [-0.4, -0.2) is 30.8 Å². The van der Waals surface area contributed by atoms with Gasteiger partial charge in [-0.25, -0.2) is 0 Å². The highest BCUT2D eigenvalue weighted by Gasteiger charge is 2.17. The van der Waals surface area contributed by atoms with Crippen molar-refractivity contribution in [1.29, 1.82) is 0 Å². The number of benzene rings is 1. The molecule has 0 fully saturated rings. The molecule has 2 N–H and O–H groups in total. The summed E-state index contributed by atoms with van der Waals surface area (Å²) in [6.45, 7) is 0.540. The Morgan fingerprint density at radius 1 is 1.26 bits per heavy atom. The lowest BCUT2D eigenvalue weighted by Crippen LogP contribution is -2.36. The van der Waals surface area contributed by atoms with Gasteiger partial charge in [0.2, 0.25) is 0 Å². The van der Waals surface area contributed by atoms with Crippen LogP contribution >= 0.6 is 0 Å². The minimum atomic E-state index is -2.79. The fourth-order valence-electron chi connectivity index (χ4n) is 1.84. The summed E-state index contributed by atoms with van der Waals surface area (Å²) in [6.07, 6.45) is 3.91. The first-order chi connectivity index (χ1) is 9.10. The molecule has 0 amide bonds. The number of alkyl halides is 2. The minimum absolute atomic E-state index is 0.161. The zero-order chi connectivity index (χ0) is 13.8. The van der Waals surface area contributed by atoms with Crippen LogP contribution in [0.1, 0.15) is 6.92 Å². The van der Waals surface area contributed by atoms with Gasteiger partial charge in [-0.2, -0.15) is 8.78 Å². The van der Waals surface area contributed by atoms with Gasteiger partial charge in [0.1, 0.15) is 5.75 Å². The summed E-state index contributed by atoms with van der Waals surface area (Å²) < 4.78 is 28.4. The quantitative estimate of drug-likeness (QED) is 0.889. The molecular weight excluding hydrogens is 252 g/mol. The van der Waals surface area contributed by atoms with E-state index < -0.39 is 6.61 Å². The van der Waals surface area contributed by atoms with Crippen molar-refractivity contribution >= 4 is 5.69 Å². The van der Waals surface area contributed by atoms with Crippen LogP contribution in [0.2, 0.25) is 0 Å². The molecule has 1 aromatic carbocycles. The molecule has 19 heavy (non-hydrogen) atoms. The van der Waals surface area contributed by atoms with Crippen molar-refractivity contribution < 1.29 is 13.5 Å². The van der Waals surface area contributed by atoms with Crippen molar-refractivity contribution in [3.05, 3.63) is 36.7 Å². The Hall–Kier alpha value is -1.82. The van der Waals surface area contributed by atoms with Gasteiger partial charge in [-0.1, -0.05) is 0 Å². The molecule has 0 unspecified atom stereocenters. The molecule has 1 heterocycles. The molecule has 4 nitrogen and oxygen atoms in total. The molecule has 0 bridgehead atoms. The smallest absolute Gasteiger partial charge is 0.387 e. The molecule has 0 radical (unpaired) electrons. The number of rotatable bonds is 5. The number of halogens is 2. The van der Waals surface area contributed by atoms with Crippen LogP contribution in [0.4, 0.5) is 14.5 Å². The molecule has 6 heteroatoms. The molecule has 1 atom stereocenters. The average Bonchev–Trinajstić information content (AvgIpc) is 2.87. The molecule has 0 aliphatic carbocycles. The first kappa shape index (κ1) is 13.6. The third-order valence-corrected chi connectivity index (χ3v) is 3.05. The minimum Gasteiger partial charge on any atom is -0.435 e. The van der Waals surface area contributed by atoms with Gasteiger partial charge in [0.15, 0.2) is 0 Å². The molecule has 1 aromatic rings. The van der Waals surface area contributed by atoms with Crippen LogP contribution in [0.15, 0.2) is 36.7 Å². The normalized spacial score (nSPS) is 16.3. The van der Waals surface area contributed by atoms with E-state index in [4.69, 9.17) is 5.73 Å². The van der Waals surface area contributed by atoms with Gasteiger partial charge in [-0.15, -0.1) is 0 Å². The van der Waals surface area contributed by atoms with Crippen LogP contribution in [0, 0.1) is 0 Å². The van der Waals surface area contributed by atoms with Crippen molar-refractivity contribution in [2.45, 2.75) is 19.6 Å². The number of nitrogens with zero attached hydrogens (tertiary/aromatic N) is 2. The summed E-state index contributed by atoms with van der Waals surface area (Å²) in [5.41, 5.74) is 6.54. The molecule has 0 saturated heterocycles. The van der Waals surface area contributed by atoms with Crippen LogP contribution in [0.3, 0.4) is 0 Å². The van der Waals surface area contributed by atoms with E-state index in [1.54, 1.807) is 12.1 Å². The summed E-state index contributed by atoms with van der Waals surface area (Å²) in [5.74, 6) is 0.161. The summed E-state index contributed by atoms with van der Waals surface area (Å²) in [5, 5.41) is 0. The predicted molar refractivity (Wildman–Crippen MR) is 69.9 cm³/mol. The van der Waals surface area contributed by atoms with E-state index >= 15 is 0 Å². The van der Waals surface area contributed by atoms with Gasteiger partial charge >= 0.3 is 6.61 Å². The van der Waals surface area contributed by atoms with Crippen molar-refractivity contribution in [2.75, 3.05) is 18.1 Å². The highest BCUT2D eigenvalue weighted by atomic mass is 19.3. The maximum Gasteiger partial charge on any atom is 0.387 e. The van der Waals surface area contributed by atoms with Crippen molar-refractivity contribution in [3.8, 4) is 5.75 Å². The van der Waals surface area contributed by atoms with E-state index in [0.29, 0.717) is 13.2 Å². The van der Waals surface area contributed by atoms with E-state index in [2.05, 4.69) is 9.64 Å². The van der Waals surface area contributed by atoms with E-state index in [1.165, 1.54) is 12.1 Å². The second kappa shape index (κ2) is 5.88. The summed E-state index contributed by atoms with van der Waals surface area (Å²) in [7, 11) is 0. The SMILES string of the molecule is C[C@@H](CN)N1C=CN(c2ccc(OC(F)F)cc2)C1. The molecular formula is C13H17F2N3O. The third-order valence-electron chi connectivity index (χ3n) is 3.05. The number of ether oxygens (including phenoxy) is 1. The summed E-state index contributed by atoms with van der Waals surface area (Å²) in [6, 6.07) is 6.83. The molecule has 2 rings (SSSR count). The van der Waals surface area contributed by atoms with Crippen LogP contribution in [0.5, 0.6) is 5.75 Å². The van der Waals surface area contributed by atoms with Gasteiger partial charge in [-0.3, -0.25) is 0 Å². The van der Waals surface area contributed by atoms with Gasteiger partial charge in [0.25, 0.3) is 0 Å². The van der Waals surface area contributed by atoms with E-state index in [1.807, 2.05) is 24.2 Å². The lowest BCUT2D eigenvalue weighted by atomic mass is 10.3. The molecule has 0 aromatic heterocycles. The van der Waals surface area contributed by atoms with Crippen LogP contribution < -0.4 is 15.4 Å². The highest BCUT2D eigenvalue weighted by molar-refractivity contribution is 5.52. The van der Waals surface area contributed by atoms with Crippen molar-refractivity contribution in [3.63, 3.8) is 0 Å². The second-order valence-corrected chi connectivity index (χ2v) is 4.38. The largest absolute Gasteiger partial charge is 0.435 e. The van der Waals surface area contributed by atoms with E-state index in [0.717, 1.165) is 5.69 Å². The maximum atomic E-state index is 12.0. The Morgan fingerprint density at radius 2 is 1.95 bits per heavy atom. The zero-order valence-electron chi connectivity index (χ0n) is 10.7. The Bertz CT molecular complexity index is 436. The molecule has 0 saturated carbocycles. The van der Waals surface area contributed by atoms with Gasteiger partial charge in [-0.05, 0) is 31.2 Å². The number of nitrogens with two attached hydrogens (primary N) is 1. The van der Waals surface area contributed by atoms with Crippen molar-refractivity contribution in [1.82, 2.24) is 4.90 Å². The lowest BCUT2D eigenvalue weighted by Gasteiger charge is -2.26. The molecule has 1 aliphatic heterocycles. The number of anilines is 1. The maximum absolute atomic E-state index is 12.0. The molecule has 104 valence electrons. The van der Waals surface area contributed by atoms with Crippen molar-refractivity contribution in [2.24, 2.45) is 5.73 Å². The average molecular weight is 269 g/mol. The van der Waals surface area contributed by atoms with Gasteiger partial charge in [0.05, 0.1) is 6.67 Å². The first-order valence-electron chi connectivity index (χ1n) is 6.06. The van der Waals surface area contributed by atoms with Crippen LogP contribution in [-0.2, 0) is 0 Å². The van der Waals surface area contributed by atoms with E-state index in [-0.39, 0.29) is 11.8 Å². The summed E-state index contributed by atoms with van der Waals surface area (Å²) in [4.78, 5) is 4.13. The Balaban J connectivity index is 1.99. The highest BCUT2D eigenvalue weighted by Crippen LogP contribution is 2.24. The first-order valence-corrected chi connectivity index (χ1v) is 6.06. The fourth-order valence-corrected chi connectivity index (χ4v) is 1.84. The zero-order valence-corrected chi connectivity index (χ0v) is 10.7. The molecule has 1 aliphatic rings. The second-order valence-electron chi connectivity index (χ2n) is 4.38. The third kappa shape index (κ3) is 3.35. The standard InChI is InChI=1S/C13H17F2N3O/c1-10(8-16)17-6-7-18(9-17)11-2-4-12(5-3-11)19-13(14)15/h2-7,10,13H,8-9,16H2,1H3/t10-/m0/s1. The Labute approximate surface area is 111 Å². The van der Waals surface area contributed by atoms with E-state index in [9.17, 15) is 8.78 Å². The summed E-state index contributed by atoms with van der Waals surface area (Å²) >= 11 is 0. The van der Waals surface area contributed by atoms with Crippen LogP contribution in [0.25, 0.3) is 0 Å². The number of hydrogen-bond acceptors (Lipinski definition) is 4. The van der Waals surface area contributed by atoms with Gasteiger partial charge in [0, 0.05) is 30.7 Å². The molecule has 0 spiro atoms. The lowest BCUT2D eigenvalue weighted by molar-refractivity contribution is -0.0498. The predicted octanol–water partition coefficient (Wildman–Crippen LogP) is 2.19. The number of hydrogen-bond donors (Lipinski definition) is 1. The Kier molecular flexibility index (Phi) is 4.21. The fraction of sp³-hybridized carbons (Fsp3) is 0.385. The Morgan fingerprint density at radius 3 is 2.53 bits per heavy atom. The van der Waals surface area contributed by atoms with Gasteiger partial charge < -0.3 is 20.3 Å².